The van der Waals surface area contributed by atoms with Gasteiger partial charge in [0.05, 0.1) is 11.2 Å². The molecular formula is C21H24N4OS. The highest BCUT2D eigenvalue weighted by Crippen LogP contribution is 2.44. The summed E-state index contributed by atoms with van der Waals surface area (Å²) in [6.07, 6.45) is 5.35. The van der Waals surface area contributed by atoms with E-state index in [1.165, 1.54) is 29.8 Å². The fourth-order valence-electron chi connectivity index (χ4n) is 3.91. The Morgan fingerprint density at radius 2 is 1.85 bits per heavy atom. The molecule has 1 saturated carbocycles. The van der Waals surface area contributed by atoms with Crippen LogP contribution in [0, 0.1) is 0 Å². The number of likely N-dealkylation sites (N-methyl/N-ethyl adjacent to an activating group) is 1. The van der Waals surface area contributed by atoms with Crippen molar-refractivity contribution >= 4 is 27.2 Å². The van der Waals surface area contributed by atoms with E-state index < -0.39 is 0 Å². The number of hydrogen-bond acceptors (Lipinski definition) is 5. The van der Waals surface area contributed by atoms with Gasteiger partial charge < -0.3 is 9.80 Å². The molecule has 3 heterocycles. The maximum atomic E-state index is 13.0. The highest BCUT2D eigenvalue weighted by atomic mass is 32.1. The van der Waals surface area contributed by atoms with Crippen LogP contribution in [0.25, 0.3) is 15.9 Å². The Bertz CT molecular complexity index is 1030. The molecule has 2 aliphatic rings. The van der Waals surface area contributed by atoms with Gasteiger partial charge in [0.15, 0.2) is 0 Å². The molecule has 1 aromatic carbocycles. The number of thiophene rings is 1. The molecule has 6 heteroatoms. The second-order valence-electron chi connectivity index (χ2n) is 7.93. The van der Waals surface area contributed by atoms with E-state index in [1.54, 1.807) is 22.2 Å². The van der Waals surface area contributed by atoms with E-state index in [-0.39, 0.29) is 5.56 Å². The van der Waals surface area contributed by atoms with E-state index in [4.69, 9.17) is 0 Å². The minimum Gasteiger partial charge on any atom is -0.370 e. The predicted molar refractivity (Wildman–Crippen MR) is 111 cm³/mol. The maximum absolute atomic E-state index is 13.0. The summed E-state index contributed by atoms with van der Waals surface area (Å²) in [6, 6.07) is 11.0. The third-order valence-corrected chi connectivity index (χ3v) is 7.10. The molecule has 1 aliphatic heterocycles. The van der Waals surface area contributed by atoms with Crippen LogP contribution < -0.4 is 10.5 Å². The lowest BCUT2D eigenvalue weighted by atomic mass is 10.2. The van der Waals surface area contributed by atoms with Crippen molar-refractivity contribution in [1.29, 1.82) is 0 Å². The molecule has 1 saturated heterocycles. The number of fused-ring (bicyclic) bond motifs is 1. The molecule has 3 aromatic rings. The molecular weight excluding hydrogens is 356 g/mol. The van der Waals surface area contributed by atoms with Crippen LogP contribution >= 0.6 is 11.3 Å². The first kappa shape index (κ1) is 17.0. The monoisotopic (exact) mass is 380 g/mol. The first-order valence-corrected chi connectivity index (χ1v) is 10.4. The van der Waals surface area contributed by atoms with Crippen molar-refractivity contribution in [2.45, 2.75) is 31.2 Å². The van der Waals surface area contributed by atoms with Gasteiger partial charge in [-0.1, -0.05) is 0 Å². The Hall–Kier alpha value is -2.18. The Morgan fingerprint density at radius 3 is 2.52 bits per heavy atom. The molecule has 1 atom stereocenters. The third-order valence-electron chi connectivity index (χ3n) is 5.82. The average Bonchev–Trinajstić information content (AvgIpc) is 3.23. The molecule has 2 aromatic heterocycles. The second-order valence-corrected chi connectivity index (χ2v) is 9.01. The molecule has 27 heavy (non-hydrogen) atoms. The minimum absolute atomic E-state index is 0.0403. The molecule has 0 amide bonds. The molecule has 0 N–H and O–H groups in total. The quantitative estimate of drug-likeness (QED) is 0.695. The number of hydrogen-bond donors (Lipinski definition) is 0. The van der Waals surface area contributed by atoms with Gasteiger partial charge in [-0.25, -0.2) is 4.98 Å². The Labute approximate surface area is 162 Å². The van der Waals surface area contributed by atoms with Gasteiger partial charge in [0.1, 0.15) is 11.0 Å². The van der Waals surface area contributed by atoms with Crippen LogP contribution in [0.3, 0.4) is 0 Å². The van der Waals surface area contributed by atoms with Gasteiger partial charge in [-0.15, -0.1) is 11.3 Å². The van der Waals surface area contributed by atoms with Crippen molar-refractivity contribution in [1.82, 2.24) is 14.5 Å². The van der Waals surface area contributed by atoms with Gasteiger partial charge >= 0.3 is 0 Å². The van der Waals surface area contributed by atoms with Crippen LogP contribution in [0.15, 0.2) is 41.5 Å². The van der Waals surface area contributed by atoms with Crippen LogP contribution in [0.5, 0.6) is 0 Å². The predicted octanol–water partition coefficient (Wildman–Crippen LogP) is 3.46. The summed E-state index contributed by atoms with van der Waals surface area (Å²) in [6.45, 7) is 2.13. The SMILES string of the molecule is CN(C)[C@@H]1CCN(c2ccc(-n3cnc4cc(C5CC5)sc4c3=O)cc2)C1. The van der Waals surface area contributed by atoms with Gasteiger partial charge in [0, 0.05) is 29.7 Å². The summed E-state index contributed by atoms with van der Waals surface area (Å²) < 4.78 is 2.45. The summed E-state index contributed by atoms with van der Waals surface area (Å²) in [5.74, 6) is 0.655. The van der Waals surface area contributed by atoms with Gasteiger partial charge in [-0.2, -0.15) is 0 Å². The lowest BCUT2D eigenvalue weighted by Crippen LogP contribution is -2.31. The number of benzene rings is 1. The fraction of sp³-hybridized carbons (Fsp3) is 0.429. The Morgan fingerprint density at radius 1 is 1.11 bits per heavy atom. The molecule has 5 nitrogen and oxygen atoms in total. The Balaban J connectivity index is 1.43. The minimum atomic E-state index is 0.0403. The van der Waals surface area contributed by atoms with E-state index >= 15 is 0 Å². The summed E-state index contributed by atoms with van der Waals surface area (Å²) in [7, 11) is 4.29. The maximum Gasteiger partial charge on any atom is 0.275 e. The summed E-state index contributed by atoms with van der Waals surface area (Å²) >= 11 is 1.62. The highest BCUT2D eigenvalue weighted by molar-refractivity contribution is 7.19. The van der Waals surface area contributed by atoms with Crippen LogP contribution in [-0.4, -0.2) is 47.7 Å². The molecule has 0 bridgehead atoms. The van der Waals surface area contributed by atoms with Crippen molar-refractivity contribution in [3.05, 3.63) is 51.9 Å². The normalized spacial score (nSPS) is 20.1. The first-order valence-electron chi connectivity index (χ1n) is 9.63. The van der Waals surface area contributed by atoms with Crippen LogP contribution in [0.1, 0.15) is 30.1 Å². The largest absolute Gasteiger partial charge is 0.370 e. The summed E-state index contributed by atoms with van der Waals surface area (Å²) in [5.41, 5.74) is 2.98. The standard InChI is InChI=1S/C21H24N4OS/c1-23(2)17-9-10-24(12-17)15-5-7-16(8-6-15)25-13-22-18-11-19(14-3-4-14)27-20(18)21(25)26/h5-8,11,13-14,17H,3-4,9-10,12H2,1-2H3/t17-/m1/s1. The lowest BCUT2D eigenvalue weighted by molar-refractivity contribution is 0.315. The zero-order valence-electron chi connectivity index (χ0n) is 15.8. The van der Waals surface area contributed by atoms with E-state index in [1.807, 2.05) is 12.1 Å². The number of anilines is 1. The topological polar surface area (TPSA) is 41.4 Å². The fourth-order valence-corrected chi connectivity index (χ4v) is 5.12. The van der Waals surface area contributed by atoms with Crippen LogP contribution in [0.2, 0.25) is 0 Å². The van der Waals surface area contributed by atoms with Crippen molar-refractivity contribution in [3.63, 3.8) is 0 Å². The zero-order valence-corrected chi connectivity index (χ0v) is 16.6. The third kappa shape index (κ3) is 3.07. The number of aromatic nitrogens is 2. The van der Waals surface area contributed by atoms with E-state index in [0.717, 1.165) is 29.0 Å². The Kier molecular flexibility index (Phi) is 4.06. The summed E-state index contributed by atoms with van der Waals surface area (Å²) in [4.78, 5) is 23.5. The molecule has 140 valence electrons. The van der Waals surface area contributed by atoms with Crippen molar-refractivity contribution in [3.8, 4) is 5.69 Å². The average molecular weight is 381 g/mol. The first-order chi connectivity index (χ1) is 13.1. The number of rotatable bonds is 4. The van der Waals surface area contributed by atoms with E-state index in [2.05, 4.69) is 47.1 Å². The van der Waals surface area contributed by atoms with Crippen LogP contribution in [0.4, 0.5) is 5.69 Å². The molecule has 2 fully saturated rings. The van der Waals surface area contributed by atoms with Crippen LogP contribution in [-0.2, 0) is 0 Å². The highest BCUT2D eigenvalue weighted by Gasteiger charge is 2.26. The summed E-state index contributed by atoms with van der Waals surface area (Å²) in [5, 5.41) is 0. The lowest BCUT2D eigenvalue weighted by Gasteiger charge is -2.22. The van der Waals surface area contributed by atoms with Crippen molar-refractivity contribution in [2.75, 3.05) is 32.1 Å². The van der Waals surface area contributed by atoms with E-state index in [0.29, 0.717) is 12.0 Å². The van der Waals surface area contributed by atoms with Crippen molar-refractivity contribution in [2.24, 2.45) is 0 Å². The van der Waals surface area contributed by atoms with Gasteiger partial charge in [-0.3, -0.25) is 9.36 Å². The molecule has 0 spiro atoms. The van der Waals surface area contributed by atoms with E-state index in [9.17, 15) is 4.79 Å². The number of nitrogens with zero attached hydrogens (tertiary/aromatic N) is 4. The van der Waals surface area contributed by atoms with Gasteiger partial charge in [-0.05, 0) is 69.6 Å². The van der Waals surface area contributed by atoms with Gasteiger partial charge in [0.2, 0.25) is 0 Å². The second kappa shape index (κ2) is 6.46. The molecule has 1 aliphatic carbocycles. The molecule has 0 unspecified atom stereocenters. The van der Waals surface area contributed by atoms with Crippen molar-refractivity contribution < 1.29 is 0 Å². The molecule has 5 rings (SSSR count). The molecule has 0 radical (unpaired) electrons. The zero-order chi connectivity index (χ0) is 18.5. The smallest absolute Gasteiger partial charge is 0.275 e. The van der Waals surface area contributed by atoms with Gasteiger partial charge in [0.25, 0.3) is 5.56 Å².